The molecule has 0 aromatic rings. The standard InChI is InChI=1S/C6H21N2O8Si4.2ClH.Pd/c7-3-1-5-18(10)15-20(12,13)16-19(11,14-17-9)6-2-4-8;;;/h9-13H,1-8H2;2*1H;/q;;;+2/p-2. The van der Waals surface area contributed by atoms with Gasteiger partial charge in [0.2, 0.25) is 0 Å². The summed E-state index contributed by atoms with van der Waals surface area (Å²) >= 11 is -0.106. The zero-order chi connectivity index (χ0) is 18.4. The van der Waals surface area contributed by atoms with E-state index < -0.39 is 37.1 Å². The van der Waals surface area contributed by atoms with Gasteiger partial charge in [0, 0.05) is 6.04 Å². The number of halogens is 2. The van der Waals surface area contributed by atoms with Crippen LogP contribution in [0.3, 0.4) is 0 Å². The van der Waals surface area contributed by atoms with Crippen LogP contribution in [0.4, 0.5) is 0 Å². The average molecular weight is 539 g/mol. The van der Waals surface area contributed by atoms with Gasteiger partial charge in [-0.25, -0.2) is 0 Å². The third-order valence-electron chi connectivity index (χ3n) is 2.04. The Labute approximate surface area is 157 Å². The molecule has 10 nitrogen and oxygen atoms in total. The molecule has 0 aliphatic heterocycles. The molecule has 0 amide bonds. The maximum absolute atomic E-state index is 10.00. The van der Waals surface area contributed by atoms with Crippen molar-refractivity contribution in [1.29, 1.82) is 0 Å². The molecule has 0 spiro atoms. The quantitative estimate of drug-likeness (QED) is 0.131. The Bertz CT molecular complexity index is 293. The summed E-state index contributed by atoms with van der Waals surface area (Å²) in [6.07, 6.45) is 0.764. The van der Waals surface area contributed by atoms with Crippen LogP contribution in [0.25, 0.3) is 0 Å². The van der Waals surface area contributed by atoms with Crippen LogP contribution in [0.2, 0.25) is 12.1 Å². The van der Waals surface area contributed by atoms with E-state index in [4.69, 9.17) is 39.4 Å². The van der Waals surface area contributed by atoms with Gasteiger partial charge in [-0.2, -0.15) is 0 Å². The van der Waals surface area contributed by atoms with E-state index in [1.54, 1.807) is 0 Å². The predicted octanol–water partition coefficient (Wildman–Crippen LogP) is -2.53. The van der Waals surface area contributed by atoms with Crippen LogP contribution in [-0.2, 0) is 28.3 Å². The molecule has 1 unspecified atom stereocenters. The molecular formula is C6H21Cl2N2O8PdSi4. The molecule has 1 atom stereocenters. The van der Waals surface area contributed by atoms with E-state index in [1.165, 1.54) is 0 Å². The summed E-state index contributed by atoms with van der Waals surface area (Å²) in [6, 6.07) is 0.123. The fourth-order valence-corrected chi connectivity index (χ4v) is 8.13. The van der Waals surface area contributed by atoms with Gasteiger partial charge >= 0.3 is 72.1 Å². The van der Waals surface area contributed by atoms with Crippen LogP contribution in [0.15, 0.2) is 0 Å². The van der Waals surface area contributed by atoms with E-state index in [1.807, 2.05) is 0 Å². The van der Waals surface area contributed by atoms with Crippen molar-refractivity contribution in [2.24, 2.45) is 11.5 Å². The second kappa shape index (κ2) is 15.9. The molecule has 0 aromatic heterocycles. The molecule has 9 N–H and O–H groups in total. The molecule has 23 heavy (non-hydrogen) atoms. The van der Waals surface area contributed by atoms with Gasteiger partial charge in [-0.3, -0.25) is 0 Å². The Hall–Kier alpha value is 1.71. The van der Waals surface area contributed by atoms with E-state index in [2.05, 4.69) is 8.23 Å². The molecular weight excluding hydrogens is 518 g/mol. The Morgan fingerprint density at radius 3 is 2.09 bits per heavy atom. The Balaban J connectivity index is 0. The van der Waals surface area contributed by atoms with Crippen molar-refractivity contribution >= 4 is 56.2 Å². The van der Waals surface area contributed by atoms with Crippen LogP contribution >= 0.6 is 19.1 Å². The van der Waals surface area contributed by atoms with Crippen molar-refractivity contribution in [3.63, 3.8) is 0 Å². The monoisotopic (exact) mass is 537 g/mol. The van der Waals surface area contributed by atoms with E-state index >= 15 is 0 Å². The Morgan fingerprint density at radius 1 is 1.13 bits per heavy atom. The van der Waals surface area contributed by atoms with E-state index in [0.717, 1.165) is 0 Å². The second-order valence-corrected chi connectivity index (χ2v) is 13.2. The van der Waals surface area contributed by atoms with Gasteiger partial charge in [-0.15, -0.1) is 0 Å². The summed E-state index contributed by atoms with van der Waals surface area (Å²) in [5.41, 5.74) is 10.5. The second-order valence-electron chi connectivity index (χ2n) is 3.88. The molecule has 0 aromatic carbocycles. The number of hydrogen-bond acceptors (Lipinski definition) is 10. The topological polar surface area (TPSA) is 181 Å². The fraction of sp³-hybridized carbons (Fsp3) is 1.00. The Morgan fingerprint density at radius 2 is 1.65 bits per heavy atom. The minimum atomic E-state index is -4.75. The number of rotatable bonds is 12. The van der Waals surface area contributed by atoms with Gasteiger partial charge in [-0.05, 0) is 32.0 Å². The summed E-state index contributed by atoms with van der Waals surface area (Å²) in [5, 5.41) is 0. The minimum absolute atomic E-state index is 0.0629. The van der Waals surface area contributed by atoms with Crippen molar-refractivity contribution in [1.82, 2.24) is 0 Å². The molecule has 0 saturated heterocycles. The molecule has 0 heterocycles. The number of hydrogen-bond donors (Lipinski definition) is 7. The molecule has 17 heteroatoms. The summed E-state index contributed by atoms with van der Waals surface area (Å²) < 4.78 is 14.1. The van der Waals surface area contributed by atoms with Crippen molar-refractivity contribution in [3.05, 3.63) is 0 Å². The molecule has 143 valence electrons. The fourth-order valence-electron chi connectivity index (χ4n) is 1.21. The zero-order valence-corrected chi connectivity index (χ0v) is 19.0. The summed E-state index contributed by atoms with van der Waals surface area (Å²) in [7, 11) is -2.69. The number of nitrogens with two attached hydrogens (primary N) is 2. The maximum atomic E-state index is 10.00. The Kier molecular flexibility index (Phi) is 18.6. The molecule has 0 aliphatic rings. The molecule has 0 rings (SSSR count). The third kappa shape index (κ3) is 16.9. The molecule has 0 aliphatic carbocycles. The van der Waals surface area contributed by atoms with Crippen LogP contribution in [-0.4, -0.2) is 74.2 Å². The first kappa shape index (κ1) is 26.9. The van der Waals surface area contributed by atoms with Crippen molar-refractivity contribution < 1.29 is 52.3 Å². The van der Waals surface area contributed by atoms with Gasteiger partial charge in [0.25, 0.3) is 0 Å². The third-order valence-corrected chi connectivity index (χ3v) is 9.79. The van der Waals surface area contributed by atoms with Crippen LogP contribution in [0, 0.1) is 0 Å². The van der Waals surface area contributed by atoms with Gasteiger partial charge in [0.05, 0.1) is 0 Å². The van der Waals surface area contributed by atoms with Crippen LogP contribution in [0.1, 0.15) is 12.8 Å². The summed E-state index contributed by atoms with van der Waals surface area (Å²) in [6.45, 7) is 0.558. The predicted molar refractivity (Wildman–Crippen MR) is 86.0 cm³/mol. The summed E-state index contributed by atoms with van der Waals surface area (Å²) in [5.74, 6) is 0. The van der Waals surface area contributed by atoms with E-state index in [9.17, 15) is 19.2 Å². The van der Waals surface area contributed by atoms with E-state index in [0.29, 0.717) is 19.4 Å². The summed E-state index contributed by atoms with van der Waals surface area (Å²) in [4.78, 5) is 47.4. The van der Waals surface area contributed by atoms with E-state index in [-0.39, 0.29) is 34.6 Å². The molecule has 0 saturated carbocycles. The zero-order valence-electron chi connectivity index (χ0n) is 11.9. The normalized spacial score (nSPS) is 14.5. The van der Waals surface area contributed by atoms with Crippen molar-refractivity contribution in [2.75, 3.05) is 13.1 Å². The van der Waals surface area contributed by atoms with Gasteiger partial charge < -0.3 is 47.8 Å². The van der Waals surface area contributed by atoms with Crippen molar-refractivity contribution in [2.45, 2.75) is 24.9 Å². The average Bonchev–Trinajstić information content (AvgIpc) is 2.43. The van der Waals surface area contributed by atoms with Gasteiger partial charge in [0.15, 0.2) is 0 Å². The van der Waals surface area contributed by atoms with Crippen LogP contribution in [0.5, 0.6) is 0 Å². The molecule has 3 radical (unpaired) electrons. The first-order chi connectivity index (χ1) is 10.7. The van der Waals surface area contributed by atoms with Gasteiger partial charge in [0.1, 0.15) is 0 Å². The molecule has 0 fully saturated rings. The SMILES string of the molecule is NCCC[Si](O)O[Si](O)(O)O[Si](O)(CCCN)O[Si]O.[Cl][Pd][Cl]. The first-order valence-corrected chi connectivity index (χ1v) is 16.2. The first-order valence-electron chi connectivity index (χ1n) is 6.11. The van der Waals surface area contributed by atoms with Crippen LogP contribution < -0.4 is 11.5 Å². The van der Waals surface area contributed by atoms with Crippen molar-refractivity contribution in [3.8, 4) is 0 Å². The molecule has 0 bridgehead atoms. The van der Waals surface area contributed by atoms with Gasteiger partial charge in [-0.1, -0.05) is 0 Å².